The maximum atomic E-state index is 11.7. The lowest BCUT2D eigenvalue weighted by Gasteiger charge is -2.12. The van der Waals surface area contributed by atoms with E-state index in [0.717, 1.165) is 24.7 Å². The maximum Gasteiger partial charge on any atom is 0.231 e. The molecule has 1 aliphatic heterocycles. The van der Waals surface area contributed by atoms with Crippen LogP contribution in [0.25, 0.3) is 0 Å². The number of rotatable bonds is 5. The molecule has 108 valence electrons. The summed E-state index contributed by atoms with van der Waals surface area (Å²) in [4.78, 5) is 13.4. The molecule has 0 unspecified atom stereocenters. The fourth-order valence-electron chi connectivity index (χ4n) is 3.41. The maximum absolute atomic E-state index is 11.7. The molecule has 3 heteroatoms. The summed E-state index contributed by atoms with van der Waals surface area (Å²) in [7, 11) is 1.86. The molecular formula is C17H24N2O. The Bertz CT molecular complexity index is 492. The molecule has 0 radical (unpaired) electrons. The zero-order chi connectivity index (χ0) is 13.9. The van der Waals surface area contributed by atoms with Gasteiger partial charge in [0, 0.05) is 18.8 Å². The normalized spacial score (nSPS) is 18.9. The number of nitrogens with one attached hydrogen (secondary N) is 1. The predicted octanol–water partition coefficient (Wildman–Crippen LogP) is 2.67. The zero-order valence-corrected chi connectivity index (χ0v) is 12.3. The van der Waals surface area contributed by atoms with Crippen molar-refractivity contribution in [3.8, 4) is 0 Å². The Hall–Kier alpha value is -1.35. The fraction of sp³-hybridized carbons (Fsp3) is 0.588. The first-order valence-electron chi connectivity index (χ1n) is 7.86. The van der Waals surface area contributed by atoms with Gasteiger partial charge in [0.25, 0.3) is 0 Å². The minimum Gasteiger partial charge on any atom is -0.315 e. The molecule has 3 rings (SSSR count). The van der Waals surface area contributed by atoms with Gasteiger partial charge in [0.2, 0.25) is 5.91 Å². The summed E-state index contributed by atoms with van der Waals surface area (Å²) in [6.45, 7) is 1.11. The SMILES string of the molecule is CN1C(=O)Cc2cc(CCCNC3CCCC3)ccc21. The molecule has 0 saturated heterocycles. The van der Waals surface area contributed by atoms with E-state index >= 15 is 0 Å². The van der Waals surface area contributed by atoms with E-state index in [1.54, 1.807) is 4.90 Å². The number of amides is 1. The summed E-state index contributed by atoms with van der Waals surface area (Å²) in [5.74, 6) is 0.208. The van der Waals surface area contributed by atoms with Crippen LogP contribution in [0.3, 0.4) is 0 Å². The molecule has 0 spiro atoms. The molecule has 1 heterocycles. The molecule has 1 aromatic carbocycles. The van der Waals surface area contributed by atoms with Gasteiger partial charge in [-0.25, -0.2) is 0 Å². The highest BCUT2D eigenvalue weighted by Crippen LogP contribution is 2.28. The van der Waals surface area contributed by atoms with Gasteiger partial charge in [-0.15, -0.1) is 0 Å². The van der Waals surface area contributed by atoms with Crippen LogP contribution >= 0.6 is 0 Å². The van der Waals surface area contributed by atoms with E-state index < -0.39 is 0 Å². The summed E-state index contributed by atoms with van der Waals surface area (Å²) in [6, 6.07) is 7.25. The van der Waals surface area contributed by atoms with Crippen LogP contribution in [0.1, 0.15) is 43.2 Å². The summed E-state index contributed by atoms with van der Waals surface area (Å²) in [5.41, 5.74) is 3.64. The van der Waals surface area contributed by atoms with Crippen LogP contribution in [0, 0.1) is 0 Å². The second-order valence-corrected chi connectivity index (χ2v) is 6.13. The predicted molar refractivity (Wildman–Crippen MR) is 82.1 cm³/mol. The van der Waals surface area contributed by atoms with Crippen LogP contribution in [0.2, 0.25) is 0 Å². The number of anilines is 1. The van der Waals surface area contributed by atoms with Crippen molar-refractivity contribution >= 4 is 11.6 Å². The Balaban J connectivity index is 1.49. The summed E-state index contributed by atoms with van der Waals surface area (Å²) in [5, 5.41) is 3.66. The largest absolute Gasteiger partial charge is 0.315 e. The van der Waals surface area contributed by atoms with Crippen LogP contribution in [0.4, 0.5) is 5.69 Å². The molecule has 0 aromatic heterocycles. The molecule has 2 aliphatic rings. The summed E-state index contributed by atoms with van der Waals surface area (Å²) >= 11 is 0. The monoisotopic (exact) mass is 272 g/mol. The van der Waals surface area contributed by atoms with Gasteiger partial charge in [-0.05, 0) is 49.4 Å². The average molecular weight is 272 g/mol. The standard InChI is InChI=1S/C17H24N2O/c1-19-16-9-8-13(11-14(16)12-17(19)20)5-4-10-18-15-6-2-3-7-15/h8-9,11,15,18H,2-7,10,12H2,1H3. The first-order valence-corrected chi connectivity index (χ1v) is 7.86. The Morgan fingerprint density at radius 3 is 2.90 bits per heavy atom. The lowest BCUT2D eigenvalue weighted by molar-refractivity contribution is -0.117. The molecule has 3 nitrogen and oxygen atoms in total. The molecule has 1 saturated carbocycles. The second-order valence-electron chi connectivity index (χ2n) is 6.13. The molecular weight excluding hydrogens is 248 g/mol. The number of hydrogen-bond donors (Lipinski definition) is 1. The molecule has 0 atom stereocenters. The van der Waals surface area contributed by atoms with Crippen molar-refractivity contribution < 1.29 is 4.79 Å². The molecule has 1 aromatic rings. The average Bonchev–Trinajstić information content (AvgIpc) is 3.04. The highest BCUT2D eigenvalue weighted by Gasteiger charge is 2.23. The van der Waals surface area contributed by atoms with E-state index in [1.165, 1.54) is 43.2 Å². The summed E-state index contributed by atoms with van der Waals surface area (Å²) < 4.78 is 0. The lowest BCUT2D eigenvalue weighted by Crippen LogP contribution is -2.27. The van der Waals surface area contributed by atoms with Crippen LogP contribution in [0.15, 0.2) is 18.2 Å². The van der Waals surface area contributed by atoms with Crippen LogP contribution in [0.5, 0.6) is 0 Å². The number of carbonyl (C=O) groups is 1. The summed E-state index contributed by atoms with van der Waals surface area (Å²) in [6.07, 6.45) is 8.35. The van der Waals surface area contributed by atoms with Crippen LogP contribution < -0.4 is 10.2 Å². The third kappa shape index (κ3) is 2.88. The van der Waals surface area contributed by atoms with Crippen molar-refractivity contribution in [3.63, 3.8) is 0 Å². The Labute approximate surface area is 121 Å². The number of hydrogen-bond acceptors (Lipinski definition) is 2. The number of aryl methyl sites for hydroxylation is 1. The van der Waals surface area contributed by atoms with Crippen molar-refractivity contribution in [2.24, 2.45) is 0 Å². The van der Waals surface area contributed by atoms with Gasteiger partial charge >= 0.3 is 0 Å². The molecule has 20 heavy (non-hydrogen) atoms. The lowest BCUT2D eigenvalue weighted by atomic mass is 10.0. The molecule has 1 N–H and O–H groups in total. The number of fused-ring (bicyclic) bond motifs is 1. The van der Waals surface area contributed by atoms with Gasteiger partial charge in [0.05, 0.1) is 6.42 Å². The van der Waals surface area contributed by atoms with E-state index in [1.807, 2.05) is 7.05 Å². The number of benzene rings is 1. The van der Waals surface area contributed by atoms with E-state index in [9.17, 15) is 4.79 Å². The van der Waals surface area contributed by atoms with E-state index in [2.05, 4.69) is 23.5 Å². The molecule has 1 aliphatic carbocycles. The third-order valence-electron chi connectivity index (χ3n) is 4.65. The van der Waals surface area contributed by atoms with Gasteiger partial charge < -0.3 is 10.2 Å². The van der Waals surface area contributed by atoms with Crippen molar-refractivity contribution in [3.05, 3.63) is 29.3 Å². The van der Waals surface area contributed by atoms with Crippen molar-refractivity contribution in [1.82, 2.24) is 5.32 Å². The van der Waals surface area contributed by atoms with E-state index in [-0.39, 0.29) is 5.91 Å². The quantitative estimate of drug-likeness (QED) is 0.836. The highest BCUT2D eigenvalue weighted by molar-refractivity contribution is 6.00. The van der Waals surface area contributed by atoms with E-state index in [0.29, 0.717) is 6.42 Å². The molecule has 0 bridgehead atoms. The zero-order valence-electron chi connectivity index (χ0n) is 12.3. The highest BCUT2D eigenvalue weighted by atomic mass is 16.2. The number of likely N-dealkylation sites (N-methyl/N-ethyl adjacent to an activating group) is 1. The smallest absolute Gasteiger partial charge is 0.231 e. The van der Waals surface area contributed by atoms with Crippen LogP contribution in [-0.4, -0.2) is 25.5 Å². The number of nitrogens with zero attached hydrogens (tertiary/aromatic N) is 1. The fourth-order valence-corrected chi connectivity index (χ4v) is 3.41. The Kier molecular flexibility index (Phi) is 4.06. The second kappa shape index (κ2) is 5.96. The van der Waals surface area contributed by atoms with Gasteiger partial charge in [-0.3, -0.25) is 4.79 Å². The van der Waals surface area contributed by atoms with E-state index in [4.69, 9.17) is 0 Å². The third-order valence-corrected chi connectivity index (χ3v) is 4.65. The van der Waals surface area contributed by atoms with Crippen molar-refractivity contribution in [1.29, 1.82) is 0 Å². The topological polar surface area (TPSA) is 32.3 Å². The Morgan fingerprint density at radius 2 is 2.10 bits per heavy atom. The van der Waals surface area contributed by atoms with Gasteiger partial charge in [-0.1, -0.05) is 25.0 Å². The Morgan fingerprint density at radius 1 is 1.30 bits per heavy atom. The van der Waals surface area contributed by atoms with Crippen molar-refractivity contribution in [2.75, 3.05) is 18.5 Å². The minimum atomic E-state index is 0.208. The van der Waals surface area contributed by atoms with Gasteiger partial charge in [0.1, 0.15) is 0 Å². The minimum absolute atomic E-state index is 0.208. The van der Waals surface area contributed by atoms with Gasteiger partial charge in [0.15, 0.2) is 0 Å². The number of carbonyl (C=O) groups excluding carboxylic acids is 1. The first kappa shape index (κ1) is 13.6. The molecule has 1 amide bonds. The van der Waals surface area contributed by atoms with Gasteiger partial charge in [-0.2, -0.15) is 0 Å². The first-order chi connectivity index (χ1) is 9.74. The molecule has 1 fully saturated rings. The van der Waals surface area contributed by atoms with Crippen molar-refractivity contribution in [2.45, 2.75) is 51.0 Å². The van der Waals surface area contributed by atoms with Crippen LogP contribution in [-0.2, 0) is 17.6 Å².